The van der Waals surface area contributed by atoms with Crippen LogP contribution >= 0.6 is 12.4 Å². The number of nitrogens with zero attached hydrogens (tertiary/aromatic N) is 1. The van der Waals surface area contributed by atoms with E-state index < -0.39 is 21.9 Å². The standard InChI is InChI=1S/C16H24FN3O3S.ClH/c1-11(12(2)18)16(21)20-8-4-6-14(10-20)19-24(22,23)15-7-3-5-13(17)9-15;/h3,5,7,9,11-12,14,19H,4,6,8,10,18H2,1-2H3;1H. The number of nitrogens with two attached hydrogens (primary N) is 1. The number of carbonyl (C=O) groups excluding carboxylic acids is 1. The normalized spacial score (nSPS) is 20.5. The Kier molecular flexibility index (Phi) is 7.80. The highest BCUT2D eigenvalue weighted by atomic mass is 35.5. The molecule has 1 amide bonds. The zero-order chi connectivity index (χ0) is 17.9. The van der Waals surface area contributed by atoms with Gasteiger partial charge in [0.1, 0.15) is 5.82 Å². The molecule has 1 aliphatic rings. The van der Waals surface area contributed by atoms with Gasteiger partial charge in [-0.1, -0.05) is 13.0 Å². The van der Waals surface area contributed by atoms with Crippen molar-refractivity contribution in [3.63, 3.8) is 0 Å². The first-order valence-corrected chi connectivity index (χ1v) is 9.51. The number of carbonyl (C=O) groups is 1. The predicted octanol–water partition coefficient (Wildman–Crippen LogP) is 1.50. The highest BCUT2D eigenvalue weighted by molar-refractivity contribution is 7.89. The molecule has 0 radical (unpaired) electrons. The van der Waals surface area contributed by atoms with Gasteiger partial charge in [-0.3, -0.25) is 4.79 Å². The van der Waals surface area contributed by atoms with E-state index in [1.807, 2.05) is 0 Å². The maximum absolute atomic E-state index is 13.3. The summed E-state index contributed by atoms with van der Waals surface area (Å²) in [6, 6.07) is 4.21. The molecule has 1 aromatic rings. The van der Waals surface area contributed by atoms with Crippen molar-refractivity contribution in [3.05, 3.63) is 30.1 Å². The maximum atomic E-state index is 13.3. The smallest absolute Gasteiger partial charge is 0.240 e. The molecule has 0 bridgehead atoms. The van der Waals surface area contributed by atoms with Crippen LogP contribution in [0.25, 0.3) is 0 Å². The number of piperidine rings is 1. The van der Waals surface area contributed by atoms with Crippen molar-refractivity contribution in [2.24, 2.45) is 11.7 Å². The molecule has 25 heavy (non-hydrogen) atoms. The third kappa shape index (κ3) is 5.64. The largest absolute Gasteiger partial charge is 0.341 e. The molecular formula is C16H25ClFN3O3S. The minimum atomic E-state index is -3.82. The van der Waals surface area contributed by atoms with Gasteiger partial charge >= 0.3 is 0 Å². The van der Waals surface area contributed by atoms with Crippen molar-refractivity contribution < 1.29 is 17.6 Å². The van der Waals surface area contributed by atoms with Crippen molar-refractivity contribution in [3.8, 4) is 0 Å². The van der Waals surface area contributed by atoms with Gasteiger partial charge in [0, 0.05) is 25.2 Å². The predicted molar refractivity (Wildman–Crippen MR) is 96.4 cm³/mol. The molecule has 1 fully saturated rings. The van der Waals surface area contributed by atoms with Gasteiger partial charge in [0.2, 0.25) is 15.9 Å². The summed E-state index contributed by atoms with van der Waals surface area (Å²) in [5, 5.41) is 0. The van der Waals surface area contributed by atoms with Gasteiger partial charge in [-0.15, -0.1) is 12.4 Å². The monoisotopic (exact) mass is 393 g/mol. The Bertz CT molecular complexity index is 700. The number of amides is 1. The number of nitrogens with one attached hydrogen (secondary N) is 1. The average molecular weight is 394 g/mol. The molecule has 6 nitrogen and oxygen atoms in total. The van der Waals surface area contributed by atoms with Crippen LogP contribution in [0.1, 0.15) is 26.7 Å². The SMILES string of the molecule is CC(N)C(C)C(=O)N1CCCC(NS(=O)(=O)c2cccc(F)c2)C1.Cl. The summed E-state index contributed by atoms with van der Waals surface area (Å²) >= 11 is 0. The second kappa shape index (κ2) is 8.93. The van der Waals surface area contributed by atoms with Crippen LogP contribution in [0.5, 0.6) is 0 Å². The molecule has 3 atom stereocenters. The minimum Gasteiger partial charge on any atom is -0.341 e. The summed E-state index contributed by atoms with van der Waals surface area (Å²) in [6.07, 6.45) is 1.33. The number of halogens is 2. The molecule has 0 saturated carbocycles. The van der Waals surface area contributed by atoms with Gasteiger partial charge < -0.3 is 10.6 Å². The summed E-state index contributed by atoms with van der Waals surface area (Å²) < 4.78 is 40.6. The molecule has 0 aromatic heterocycles. The van der Waals surface area contributed by atoms with Crippen molar-refractivity contribution in [1.82, 2.24) is 9.62 Å². The Morgan fingerprint density at radius 1 is 1.40 bits per heavy atom. The Morgan fingerprint density at radius 3 is 2.68 bits per heavy atom. The fourth-order valence-corrected chi connectivity index (χ4v) is 4.00. The van der Waals surface area contributed by atoms with Crippen LogP contribution in [0.15, 0.2) is 29.2 Å². The number of sulfonamides is 1. The van der Waals surface area contributed by atoms with Crippen LogP contribution in [-0.4, -0.2) is 44.4 Å². The van der Waals surface area contributed by atoms with E-state index in [-0.39, 0.29) is 35.2 Å². The number of rotatable bonds is 5. The Labute approximate surface area is 154 Å². The van der Waals surface area contributed by atoms with E-state index in [4.69, 9.17) is 5.73 Å². The van der Waals surface area contributed by atoms with Gasteiger partial charge in [0.05, 0.1) is 10.8 Å². The lowest BCUT2D eigenvalue weighted by atomic mass is 10.00. The van der Waals surface area contributed by atoms with Crippen molar-refractivity contribution in [2.45, 2.75) is 43.7 Å². The quantitative estimate of drug-likeness (QED) is 0.792. The number of hydrogen-bond acceptors (Lipinski definition) is 4. The lowest BCUT2D eigenvalue weighted by molar-refractivity contribution is -0.136. The summed E-state index contributed by atoms with van der Waals surface area (Å²) in [6.45, 7) is 4.43. The van der Waals surface area contributed by atoms with E-state index >= 15 is 0 Å². The van der Waals surface area contributed by atoms with E-state index in [2.05, 4.69) is 4.72 Å². The zero-order valence-corrected chi connectivity index (χ0v) is 15.9. The molecule has 0 spiro atoms. The lowest BCUT2D eigenvalue weighted by Crippen LogP contribution is -2.52. The maximum Gasteiger partial charge on any atom is 0.240 e. The first kappa shape index (κ1) is 21.8. The van der Waals surface area contributed by atoms with Gasteiger partial charge in [-0.25, -0.2) is 17.5 Å². The first-order valence-electron chi connectivity index (χ1n) is 8.03. The van der Waals surface area contributed by atoms with Gasteiger partial charge in [-0.05, 0) is 38.0 Å². The Balaban J connectivity index is 0.00000312. The second-order valence-corrected chi connectivity index (χ2v) is 8.06. The molecule has 0 aliphatic carbocycles. The average Bonchev–Trinajstić information content (AvgIpc) is 2.53. The fourth-order valence-electron chi connectivity index (χ4n) is 2.71. The van der Waals surface area contributed by atoms with Crippen LogP contribution in [0.3, 0.4) is 0 Å². The molecule has 3 N–H and O–H groups in total. The number of hydrogen-bond donors (Lipinski definition) is 2. The third-order valence-electron chi connectivity index (χ3n) is 4.34. The number of benzene rings is 1. The summed E-state index contributed by atoms with van der Waals surface area (Å²) in [5.41, 5.74) is 5.78. The van der Waals surface area contributed by atoms with Gasteiger partial charge in [0.25, 0.3) is 0 Å². The first-order chi connectivity index (χ1) is 11.2. The molecule has 1 aromatic carbocycles. The summed E-state index contributed by atoms with van der Waals surface area (Å²) in [7, 11) is -3.82. The lowest BCUT2D eigenvalue weighted by Gasteiger charge is -2.35. The van der Waals surface area contributed by atoms with Gasteiger partial charge in [0.15, 0.2) is 0 Å². The van der Waals surface area contributed by atoms with E-state index in [9.17, 15) is 17.6 Å². The highest BCUT2D eigenvalue weighted by Crippen LogP contribution is 2.17. The Morgan fingerprint density at radius 2 is 2.08 bits per heavy atom. The van der Waals surface area contributed by atoms with E-state index in [0.717, 1.165) is 6.07 Å². The van der Waals surface area contributed by atoms with Crippen molar-refractivity contribution in [2.75, 3.05) is 13.1 Å². The van der Waals surface area contributed by atoms with E-state index in [0.29, 0.717) is 25.9 Å². The van der Waals surface area contributed by atoms with Crippen LogP contribution in [0, 0.1) is 11.7 Å². The molecular weight excluding hydrogens is 369 g/mol. The molecule has 1 aliphatic heterocycles. The number of likely N-dealkylation sites (tertiary alicyclic amines) is 1. The van der Waals surface area contributed by atoms with Crippen LogP contribution in [0.2, 0.25) is 0 Å². The third-order valence-corrected chi connectivity index (χ3v) is 5.86. The second-order valence-electron chi connectivity index (χ2n) is 6.35. The molecule has 2 rings (SSSR count). The van der Waals surface area contributed by atoms with Gasteiger partial charge in [-0.2, -0.15) is 0 Å². The van der Waals surface area contributed by atoms with Crippen LogP contribution in [0.4, 0.5) is 4.39 Å². The summed E-state index contributed by atoms with van der Waals surface area (Å²) in [5.74, 6) is -0.993. The molecule has 9 heteroatoms. The molecule has 3 unspecified atom stereocenters. The Hall–Kier alpha value is -1.22. The fraction of sp³-hybridized carbons (Fsp3) is 0.562. The highest BCUT2D eigenvalue weighted by Gasteiger charge is 2.30. The minimum absolute atomic E-state index is 0. The van der Waals surface area contributed by atoms with Crippen molar-refractivity contribution in [1.29, 1.82) is 0 Å². The topological polar surface area (TPSA) is 92.5 Å². The van der Waals surface area contributed by atoms with Crippen LogP contribution in [-0.2, 0) is 14.8 Å². The molecule has 142 valence electrons. The van der Waals surface area contributed by atoms with E-state index in [1.165, 1.54) is 18.2 Å². The summed E-state index contributed by atoms with van der Waals surface area (Å²) in [4.78, 5) is 13.9. The molecule has 1 saturated heterocycles. The zero-order valence-electron chi connectivity index (χ0n) is 14.3. The molecule has 1 heterocycles. The van der Waals surface area contributed by atoms with E-state index in [1.54, 1.807) is 18.7 Å². The van der Waals surface area contributed by atoms with Crippen LogP contribution < -0.4 is 10.5 Å². The van der Waals surface area contributed by atoms with Crippen molar-refractivity contribution >= 4 is 28.3 Å².